The van der Waals surface area contributed by atoms with Crippen LogP contribution in [0.3, 0.4) is 0 Å². The van der Waals surface area contributed by atoms with E-state index in [0.717, 1.165) is 49.7 Å². The van der Waals surface area contributed by atoms with E-state index < -0.39 is 11.6 Å². The molecule has 0 amide bonds. The number of fused-ring (bicyclic) bond motifs is 1. The van der Waals surface area contributed by atoms with Gasteiger partial charge in [-0.1, -0.05) is 31.2 Å². The maximum Gasteiger partial charge on any atom is 0.184 e. The molecule has 0 bridgehead atoms. The molecular formula is C24H25F2N3O. The molecule has 1 aliphatic heterocycles. The molecule has 0 aliphatic carbocycles. The van der Waals surface area contributed by atoms with Crippen LogP contribution in [-0.4, -0.2) is 39.9 Å². The Kier molecular flexibility index (Phi) is 5.77. The third-order valence-corrected chi connectivity index (χ3v) is 5.69. The Bertz CT molecular complexity index is 1120. The van der Waals surface area contributed by atoms with Crippen LogP contribution in [0.2, 0.25) is 0 Å². The van der Waals surface area contributed by atoms with Crippen molar-refractivity contribution >= 4 is 22.9 Å². The molecule has 1 atom stereocenters. The van der Waals surface area contributed by atoms with E-state index in [4.69, 9.17) is 4.98 Å². The quantitative estimate of drug-likeness (QED) is 0.541. The highest BCUT2D eigenvalue weighted by Gasteiger charge is 2.27. The van der Waals surface area contributed by atoms with Crippen molar-refractivity contribution in [2.45, 2.75) is 32.7 Å². The number of piperidine rings is 1. The zero-order chi connectivity index (χ0) is 21.3. The largest absolute Gasteiger partial charge is 0.317 e. The van der Waals surface area contributed by atoms with E-state index in [-0.39, 0.29) is 17.3 Å². The summed E-state index contributed by atoms with van der Waals surface area (Å²) in [4.78, 5) is 18.3. The maximum atomic E-state index is 14.9. The first-order valence-corrected chi connectivity index (χ1v) is 10.3. The van der Waals surface area contributed by atoms with Crippen molar-refractivity contribution in [3.05, 3.63) is 59.7 Å². The highest BCUT2D eigenvalue weighted by atomic mass is 19.2. The monoisotopic (exact) mass is 409 g/mol. The SMILES string of the molecule is CCN1CCCC(n2c(-c3cccc(/C=C/C(C)=O)c3)nc3ccc(F)c(F)c32)C1. The number of ketones is 1. The van der Waals surface area contributed by atoms with Gasteiger partial charge >= 0.3 is 0 Å². The number of benzene rings is 2. The molecule has 30 heavy (non-hydrogen) atoms. The van der Waals surface area contributed by atoms with Crippen LogP contribution in [-0.2, 0) is 4.79 Å². The number of rotatable bonds is 5. The van der Waals surface area contributed by atoms with Crippen LogP contribution in [0.15, 0.2) is 42.5 Å². The lowest BCUT2D eigenvalue weighted by Crippen LogP contribution is -2.36. The van der Waals surface area contributed by atoms with Crippen molar-refractivity contribution in [3.63, 3.8) is 0 Å². The summed E-state index contributed by atoms with van der Waals surface area (Å²) >= 11 is 0. The van der Waals surface area contributed by atoms with E-state index in [1.807, 2.05) is 28.8 Å². The standard InChI is InChI=1S/C24H25F2N3O/c1-3-28-13-5-8-19(15-28)29-23-21(12-11-20(25)22(23)26)27-24(29)18-7-4-6-17(14-18)10-9-16(2)30/h4,6-7,9-12,14,19H,3,5,8,13,15H2,1-2H3/b10-9+. The zero-order valence-corrected chi connectivity index (χ0v) is 17.2. The topological polar surface area (TPSA) is 38.1 Å². The van der Waals surface area contributed by atoms with Gasteiger partial charge in [-0.15, -0.1) is 0 Å². The Balaban J connectivity index is 1.89. The van der Waals surface area contributed by atoms with E-state index in [1.54, 1.807) is 6.08 Å². The minimum absolute atomic E-state index is 0.00594. The van der Waals surface area contributed by atoms with Crippen LogP contribution in [0, 0.1) is 11.6 Å². The van der Waals surface area contributed by atoms with Gasteiger partial charge in [0, 0.05) is 18.2 Å². The van der Waals surface area contributed by atoms with Crippen LogP contribution in [0.5, 0.6) is 0 Å². The molecule has 156 valence electrons. The molecule has 2 aromatic carbocycles. The van der Waals surface area contributed by atoms with Crippen molar-refractivity contribution < 1.29 is 13.6 Å². The second-order valence-electron chi connectivity index (χ2n) is 7.79. The molecule has 2 heterocycles. The number of likely N-dealkylation sites (N-methyl/N-ethyl adjacent to an activating group) is 1. The van der Waals surface area contributed by atoms with Gasteiger partial charge in [-0.25, -0.2) is 13.8 Å². The fourth-order valence-corrected chi connectivity index (χ4v) is 4.21. The lowest BCUT2D eigenvalue weighted by molar-refractivity contribution is -0.112. The average molecular weight is 409 g/mol. The molecule has 1 aromatic heterocycles. The number of imidazole rings is 1. The number of carbonyl (C=O) groups excluding carboxylic acids is 1. The Morgan fingerprint density at radius 1 is 1.27 bits per heavy atom. The first-order valence-electron chi connectivity index (χ1n) is 10.3. The fourth-order valence-electron chi connectivity index (χ4n) is 4.21. The number of hydrogen-bond donors (Lipinski definition) is 0. The zero-order valence-electron chi connectivity index (χ0n) is 17.2. The highest BCUT2D eigenvalue weighted by Crippen LogP contribution is 2.34. The predicted molar refractivity (Wildman–Crippen MR) is 115 cm³/mol. The van der Waals surface area contributed by atoms with Gasteiger partial charge in [-0.3, -0.25) is 4.79 Å². The summed E-state index contributed by atoms with van der Waals surface area (Å²) in [6.07, 6.45) is 5.14. The molecule has 1 aliphatic rings. The summed E-state index contributed by atoms with van der Waals surface area (Å²) in [6.45, 7) is 6.31. The number of halogens is 2. The summed E-state index contributed by atoms with van der Waals surface area (Å²) < 4.78 is 30.9. The van der Waals surface area contributed by atoms with Gasteiger partial charge in [0.05, 0.1) is 5.52 Å². The average Bonchev–Trinajstić information content (AvgIpc) is 3.15. The van der Waals surface area contributed by atoms with Crippen molar-refractivity contribution in [1.82, 2.24) is 14.5 Å². The molecule has 4 rings (SSSR count). The van der Waals surface area contributed by atoms with E-state index in [9.17, 15) is 13.6 Å². The Labute approximate surface area is 174 Å². The summed E-state index contributed by atoms with van der Waals surface area (Å²) in [5.74, 6) is -1.13. The number of hydrogen-bond acceptors (Lipinski definition) is 3. The third-order valence-electron chi connectivity index (χ3n) is 5.69. The van der Waals surface area contributed by atoms with E-state index in [1.165, 1.54) is 19.1 Å². The van der Waals surface area contributed by atoms with Gasteiger partial charge in [0.25, 0.3) is 0 Å². The van der Waals surface area contributed by atoms with Crippen molar-refractivity contribution in [2.24, 2.45) is 0 Å². The smallest absolute Gasteiger partial charge is 0.184 e. The number of allylic oxidation sites excluding steroid dienone is 1. The molecular weight excluding hydrogens is 384 g/mol. The number of likely N-dealkylation sites (tertiary alicyclic amines) is 1. The van der Waals surface area contributed by atoms with Crippen molar-refractivity contribution in [3.8, 4) is 11.4 Å². The molecule has 0 saturated carbocycles. The molecule has 0 N–H and O–H groups in total. The van der Waals surface area contributed by atoms with Crippen LogP contribution >= 0.6 is 0 Å². The van der Waals surface area contributed by atoms with Crippen LogP contribution in [0.1, 0.15) is 38.3 Å². The molecule has 0 radical (unpaired) electrons. The summed E-state index contributed by atoms with van der Waals surface area (Å²) in [7, 11) is 0. The number of nitrogens with zero attached hydrogens (tertiary/aromatic N) is 3. The van der Waals surface area contributed by atoms with Crippen LogP contribution in [0.4, 0.5) is 8.78 Å². The first-order chi connectivity index (χ1) is 14.5. The summed E-state index contributed by atoms with van der Waals surface area (Å²) in [5.41, 5.74) is 2.33. The maximum absolute atomic E-state index is 14.9. The van der Waals surface area contributed by atoms with Crippen LogP contribution < -0.4 is 0 Å². The van der Waals surface area contributed by atoms with Crippen molar-refractivity contribution in [2.75, 3.05) is 19.6 Å². The Hall–Kier alpha value is -2.86. The second-order valence-corrected chi connectivity index (χ2v) is 7.79. The number of carbonyl (C=O) groups is 1. The van der Waals surface area contributed by atoms with E-state index >= 15 is 0 Å². The summed E-state index contributed by atoms with van der Waals surface area (Å²) in [5, 5.41) is 0. The van der Waals surface area contributed by atoms with Gasteiger partial charge < -0.3 is 9.47 Å². The fraction of sp³-hybridized carbons (Fsp3) is 0.333. The van der Waals surface area contributed by atoms with Gasteiger partial charge in [0.1, 0.15) is 11.3 Å². The first kappa shape index (κ1) is 20.4. The number of aromatic nitrogens is 2. The van der Waals surface area contributed by atoms with Gasteiger partial charge in [-0.2, -0.15) is 0 Å². The third kappa shape index (κ3) is 3.92. The molecule has 3 aromatic rings. The molecule has 4 nitrogen and oxygen atoms in total. The molecule has 1 saturated heterocycles. The lowest BCUT2D eigenvalue weighted by atomic mass is 10.0. The van der Waals surface area contributed by atoms with Crippen LogP contribution in [0.25, 0.3) is 28.5 Å². The minimum Gasteiger partial charge on any atom is -0.317 e. The summed E-state index contributed by atoms with van der Waals surface area (Å²) in [6, 6.07) is 10.3. The Morgan fingerprint density at radius 2 is 2.10 bits per heavy atom. The van der Waals surface area contributed by atoms with Gasteiger partial charge in [-0.05, 0) is 62.7 Å². The molecule has 1 fully saturated rings. The Morgan fingerprint density at radius 3 is 2.87 bits per heavy atom. The minimum atomic E-state index is -0.864. The lowest BCUT2D eigenvalue weighted by Gasteiger charge is -2.33. The molecule has 6 heteroatoms. The van der Waals surface area contributed by atoms with Crippen molar-refractivity contribution in [1.29, 1.82) is 0 Å². The predicted octanol–water partition coefficient (Wildman–Crippen LogP) is 5.24. The second kappa shape index (κ2) is 8.48. The molecule has 0 spiro atoms. The van der Waals surface area contributed by atoms with Gasteiger partial charge in [0.2, 0.25) is 0 Å². The normalized spacial score (nSPS) is 17.8. The van der Waals surface area contributed by atoms with E-state index in [0.29, 0.717) is 11.3 Å². The highest BCUT2D eigenvalue weighted by molar-refractivity contribution is 5.91. The molecule has 1 unspecified atom stereocenters. The van der Waals surface area contributed by atoms with Gasteiger partial charge in [0.15, 0.2) is 17.4 Å². The van der Waals surface area contributed by atoms with E-state index in [2.05, 4.69) is 11.8 Å².